The molecule has 1 N–H and O–H groups in total. The lowest BCUT2D eigenvalue weighted by atomic mass is 9.94. The summed E-state index contributed by atoms with van der Waals surface area (Å²) in [6, 6.07) is 18.1. The third-order valence-electron chi connectivity index (χ3n) is 7.88. The second-order valence-corrected chi connectivity index (χ2v) is 10.6. The van der Waals surface area contributed by atoms with Crippen LogP contribution in [0.15, 0.2) is 71.5 Å². The van der Waals surface area contributed by atoms with Gasteiger partial charge < -0.3 is 14.8 Å². The number of halogens is 2. The number of carbonyl (C=O) groups is 1. The molecular formula is C31H28F2N6O2. The topological polar surface area (TPSA) is 94.3 Å². The van der Waals surface area contributed by atoms with Crippen molar-refractivity contribution >= 4 is 22.6 Å². The quantitative estimate of drug-likeness (QED) is 0.391. The molecule has 6 rings (SSSR count). The van der Waals surface area contributed by atoms with Crippen molar-refractivity contribution in [3.63, 3.8) is 0 Å². The van der Waals surface area contributed by atoms with E-state index in [0.717, 1.165) is 24.0 Å². The highest BCUT2D eigenvalue weighted by Crippen LogP contribution is 2.35. The number of amides is 1. The van der Waals surface area contributed by atoms with Crippen LogP contribution < -0.4 is 15.8 Å². The van der Waals surface area contributed by atoms with Crippen LogP contribution in [0, 0.1) is 23.0 Å². The number of aromatic nitrogens is 2. The summed E-state index contributed by atoms with van der Waals surface area (Å²) in [4.78, 5) is 35.2. The minimum absolute atomic E-state index is 0.125. The van der Waals surface area contributed by atoms with E-state index in [9.17, 15) is 23.6 Å². The maximum absolute atomic E-state index is 13.9. The summed E-state index contributed by atoms with van der Waals surface area (Å²) in [5, 5.41) is 12.6. The second kappa shape index (κ2) is 10.7. The van der Waals surface area contributed by atoms with Crippen LogP contribution in [0.3, 0.4) is 0 Å². The van der Waals surface area contributed by atoms with E-state index in [4.69, 9.17) is 0 Å². The van der Waals surface area contributed by atoms with Gasteiger partial charge >= 0.3 is 0 Å². The Kier molecular flexibility index (Phi) is 6.97. The second-order valence-electron chi connectivity index (χ2n) is 10.6. The number of anilines is 1. The van der Waals surface area contributed by atoms with Crippen molar-refractivity contribution in [1.82, 2.24) is 19.8 Å². The SMILES string of the molecule is Cn1c(=O)cc(N2CCN(C(c3ccc(F)cc3)c3ccc(F)cc3)[C@@H](C(=O)NC3CC3)C2)c2nc(C#N)ccc21. The van der Waals surface area contributed by atoms with Gasteiger partial charge in [0.15, 0.2) is 0 Å². The first-order valence-corrected chi connectivity index (χ1v) is 13.6. The van der Waals surface area contributed by atoms with E-state index < -0.39 is 12.1 Å². The molecule has 10 heteroatoms. The molecule has 1 aliphatic heterocycles. The van der Waals surface area contributed by atoms with Crippen LogP contribution in [0.4, 0.5) is 14.5 Å². The van der Waals surface area contributed by atoms with E-state index >= 15 is 0 Å². The van der Waals surface area contributed by atoms with Gasteiger partial charge in [-0.25, -0.2) is 13.8 Å². The van der Waals surface area contributed by atoms with Crippen molar-refractivity contribution in [2.75, 3.05) is 24.5 Å². The lowest BCUT2D eigenvalue weighted by molar-refractivity contribution is -0.127. The molecule has 0 unspecified atom stereocenters. The zero-order valence-electron chi connectivity index (χ0n) is 22.4. The van der Waals surface area contributed by atoms with Crippen molar-refractivity contribution < 1.29 is 13.6 Å². The van der Waals surface area contributed by atoms with Gasteiger partial charge in [-0.15, -0.1) is 0 Å². The number of nitriles is 1. The van der Waals surface area contributed by atoms with Crippen LogP contribution in [0.1, 0.15) is 35.7 Å². The summed E-state index contributed by atoms with van der Waals surface area (Å²) in [7, 11) is 1.65. The number of pyridine rings is 2. The maximum Gasteiger partial charge on any atom is 0.252 e. The molecule has 2 aliphatic rings. The maximum atomic E-state index is 13.9. The van der Waals surface area contributed by atoms with Crippen molar-refractivity contribution in [2.45, 2.75) is 31.0 Å². The predicted octanol–water partition coefficient (Wildman–Crippen LogP) is 3.64. The zero-order chi connectivity index (χ0) is 28.7. The highest BCUT2D eigenvalue weighted by Gasteiger charge is 2.40. The van der Waals surface area contributed by atoms with E-state index in [1.54, 1.807) is 43.4 Å². The molecule has 0 radical (unpaired) electrons. The zero-order valence-corrected chi connectivity index (χ0v) is 22.4. The van der Waals surface area contributed by atoms with E-state index in [-0.39, 0.29) is 41.4 Å². The molecule has 1 amide bonds. The molecule has 4 aromatic rings. The number of benzene rings is 2. The Morgan fingerprint density at radius 2 is 1.63 bits per heavy atom. The molecule has 41 heavy (non-hydrogen) atoms. The van der Waals surface area contributed by atoms with E-state index in [1.807, 2.05) is 4.90 Å². The molecule has 2 fully saturated rings. The fourth-order valence-electron chi connectivity index (χ4n) is 5.56. The first kappa shape index (κ1) is 26.6. The Bertz CT molecular complexity index is 1670. The van der Waals surface area contributed by atoms with Gasteiger partial charge in [0.05, 0.1) is 17.2 Å². The van der Waals surface area contributed by atoms with Crippen molar-refractivity contribution in [3.05, 3.63) is 106 Å². The van der Waals surface area contributed by atoms with Crippen LogP contribution in [-0.4, -0.2) is 52.1 Å². The van der Waals surface area contributed by atoms with Crippen LogP contribution in [0.2, 0.25) is 0 Å². The largest absolute Gasteiger partial charge is 0.366 e. The average molecular weight is 555 g/mol. The standard InChI is InChI=1S/C31H28F2N6O2/c1-37-25-13-12-24(17-34)35-29(25)26(16-28(37)40)38-14-15-39(27(18-38)31(41)36-23-10-11-23)30(19-2-6-21(32)7-3-19)20-4-8-22(33)9-5-20/h2-9,12-13,16,23,27,30H,10-11,14-15,18H2,1H3,(H,36,41)/t27-/m1/s1. The molecule has 1 aliphatic carbocycles. The van der Waals surface area contributed by atoms with Crippen molar-refractivity contribution in [2.24, 2.45) is 7.05 Å². The normalized spacial score (nSPS) is 17.5. The van der Waals surface area contributed by atoms with Gasteiger partial charge in [0.1, 0.15) is 35.0 Å². The Balaban J connectivity index is 1.43. The number of nitrogens with zero attached hydrogens (tertiary/aromatic N) is 5. The first-order valence-electron chi connectivity index (χ1n) is 13.6. The number of hydrogen-bond acceptors (Lipinski definition) is 6. The highest BCUT2D eigenvalue weighted by molar-refractivity contribution is 5.90. The number of hydrogen-bond donors (Lipinski definition) is 1. The van der Waals surface area contributed by atoms with Gasteiger partial charge in [-0.05, 0) is 60.4 Å². The predicted molar refractivity (Wildman–Crippen MR) is 150 cm³/mol. The molecule has 1 saturated carbocycles. The molecule has 8 nitrogen and oxygen atoms in total. The van der Waals surface area contributed by atoms with Crippen molar-refractivity contribution in [3.8, 4) is 6.07 Å². The van der Waals surface area contributed by atoms with E-state index in [2.05, 4.69) is 21.3 Å². The molecule has 3 heterocycles. The summed E-state index contributed by atoms with van der Waals surface area (Å²) >= 11 is 0. The Labute approximate surface area is 235 Å². The summed E-state index contributed by atoms with van der Waals surface area (Å²) < 4.78 is 29.3. The molecule has 2 aromatic carbocycles. The fraction of sp³-hybridized carbons (Fsp3) is 0.290. The minimum Gasteiger partial charge on any atom is -0.366 e. The number of aryl methyl sites for hydroxylation is 1. The smallest absolute Gasteiger partial charge is 0.252 e. The molecule has 0 spiro atoms. The van der Waals surface area contributed by atoms with Gasteiger partial charge in [0, 0.05) is 38.8 Å². The molecule has 1 saturated heterocycles. The average Bonchev–Trinajstić information content (AvgIpc) is 3.81. The number of fused-ring (bicyclic) bond motifs is 1. The monoisotopic (exact) mass is 554 g/mol. The Hall–Kier alpha value is -4.62. The number of rotatable bonds is 6. The molecular weight excluding hydrogens is 526 g/mol. The molecule has 208 valence electrons. The number of carbonyl (C=O) groups excluding carboxylic acids is 1. The Morgan fingerprint density at radius 3 is 2.22 bits per heavy atom. The lowest BCUT2D eigenvalue weighted by Gasteiger charge is -2.45. The van der Waals surface area contributed by atoms with Crippen LogP contribution >= 0.6 is 0 Å². The Morgan fingerprint density at radius 1 is 1.00 bits per heavy atom. The van der Waals surface area contributed by atoms with Crippen LogP contribution in [-0.2, 0) is 11.8 Å². The van der Waals surface area contributed by atoms with Gasteiger partial charge in [-0.3, -0.25) is 14.5 Å². The van der Waals surface area contributed by atoms with Crippen LogP contribution in [0.25, 0.3) is 11.0 Å². The molecule has 1 atom stereocenters. The third-order valence-corrected chi connectivity index (χ3v) is 7.88. The van der Waals surface area contributed by atoms with E-state index in [1.165, 1.54) is 34.9 Å². The van der Waals surface area contributed by atoms with E-state index in [0.29, 0.717) is 29.8 Å². The number of piperazine rings is 1. The summed E-state index contributed by atoms with van der Waals surface area (Å²) in [5.41, 5.74) is 3.20. The fourth-order valence-corrected chi connectivity index (χ4v) is 5.56. The van der Waals surface area contributed by atoms with Crippen molar-refractivity contribution in [1.29, 1.82) is 5.26 Å². The van der Waals surface area contributed by atoms with Crippen LogP contribution in [0.5, 0.6) is 0 Å². The third kappa shape index (κ3) is 5.28. The number of nitrogens with one attached hydrogen (secondary N) is 1. The van der Waals surface area contributed by atoms with Gasteiger partial charge in [-0.1, -0.05) is 24.3 Å². The highest BCUT2D eigenvalue weighted by atomic mass is 19.1. The summed E-state index contributed by atoms with van der Waals surface area (Å²) in [5.74, 6) is -0.896. The molecule has 0 bridgehead atoms. The lowest BCUT2D eigenvalue weighted by Crippen LogP contribution is -2.60. The van der Waals surface area contributed by atoms with Gasteiger partial charge in [-0.2, -0.15) is 5.26 Å². The first-order chi connectivity index (χ1) is 19.8. The summed E-state index contributed by atoms with van der Waals surface area (Å²) in [6.45, 7) is 1.11. The van der Waals surface area contributed by atoms with Gasteiger partial charge in [0.2, 0.25) is 5.91 Å². The van der Waals surface area contributed by atoms with Gasteiger partial charge in [0.25, 0.3) is 5.56 Å². The molecule has 2 aromatic heterocycles. The summed E-state index contributed by atoms with van der Waals surface area (Å²) in [6.07, 6.45) is 1.84. The minimum atomic E-state index is -0.650.